The van der Waals surface area contributed by atoms with Gasteiger partial charge in [0.05, 0.1) is 23.8 Å². The summed E-state index contributed by atoms with van der Waals surface area (Å²) in [5.41, 5.74) is 3.76. The van der Waals surface area contributed by atoms with Gasteiger partial charge in [-0.1, -0.05) is 69.6 Å². The number of carbonyl (C=O) groups excluding carboxylic acids is 1. The van der Waals surface area contributed by atoms with Crippen LogP contribution in [-0.2, 0) is 21.9 Å². The number of anilines is 1. The minimum atomic E-state index is -0.634. The normalized spacial score (nSPS) is 14.3. The first kappa shape index (κ1) is 30.5. The van der Waals surface area contributed by atoms with Crippen molar-refractivity contribution in [3.05, 3.63) is 103 Å². The van der Waals surface area contributed by atoms with Gasteiger partial charge in [0.15, 0.2) is 11.5 Å². The second kappa shape index (κ2) is 13.5. The van der Waals surface area contributed by atoms with Crippen molar-refractivity contribution in [1.29, 1.82) is 0 Å². The Hall–Kier alpha value is -2.99. The van der Waals surface area contributed by atoms with Gasteiger partial charge in [0, 0.05) is 20.9 Å². The van der Waals surface area contributed by atoms with Crippen LogP contribution in [0.25, 0.3) is 0 Å². The van der Waals surface area contributed by atoms with Crippen LogP contribution in [0.3, 0.4) is 0 Å². The van der Waals surface area contributed by atoms with Crippen LogP contribution >= 0.6 is 55.2 Å². The zero-order valence-electron chi connectivity index (χ0n) is 23.0. The van der Waals surface area contributed by atoms with Crippen LogP contribution in [0.15, 0.2) is 86.0 Å². The van der Waals surface area contributed by atoms with Gasteiger partial charge in [-0.2, -0.15) is 4.98 Å². The van der Waals surface area contributed by atoms with Crippen molar-refractivity contribution in [3.63, 3.8) is 0 Å². The molecular formula is C30H27Br2ClN4O4S. The van der Waals surface area contributed by atoms with Crippen LogP contribution in [0.1, 0.15) is 36.6 Å². The average Bonchev–Trinajstić information content (AvgIpc) is 3.37. The summed E-state index contributed by atoms with van der Waals surface area (Å²) in [5.74, 6) is 1.72. The van der Waals surface area contributed by atoms with Crippen LogP contribution in [-0.4, -0.2) is 34.5 Å². The van der Waals surface area contributed by atoms with Crippen LogP contribution in [0, 0.1) is 0 Å². The van der Waals surface area contributed by atoms with Crippen molar-refractivity contribution in [2.24, 2.45) is 0 Å². The molecule has 5 rings (SSSR count). The van der Waals surface area contributed by atoms with Crippen molar-refractivity contribution in [2.75, 3.05) is 19.0 Å². The zero-order chi connectivity index (χ0) is 29.8. The van der Waals surface area contributed by atoms with Gasteiger partial charge in [-0.05, 0) is 76.8 Å². The van der Waals surface area contributed by atoms with Crippen LogP contribution in [0.2, 0.25) is 5.02 Å². The van der Waals surface area contributed by atoms with Gasteiger partial charge in [0.2, 0.25) is 11.1 Å². The first-order valence-corrected chi connectivity index (χ1v) is 16.0. The number of carbonyl (C=O) groups is 1. The van der Waals surface area contributed by atoms with Gasteiger partial charge in [0.25, 0.3) is 0 Å². The maximum absolute atomic E-state index is 13.1. The molecule has 0 amide bonds. The van der Waals surface area contributed by atoms with E-state index < -0.39 is 12.0 Å². The maximum atomic E-state index is 13.1. The summed E-state index contributed by atoms with van der Waals surface area (Å²) in [7, 11) is 1.36. The predicted octanol–water partition coefficient (Wildman–Crippen LogP) is 8.19. The molecule has 0 aliphatic carbocycles. The largest absolute Gasteiger partial charge is 0.490 e. The summed E-state index contributed by atoms with van der Waals surface area (Å²) < 4.78 is 20.8. The van der Waals surface area contributed by atoms with Gasteiger partial charge in [-0.25, -0.2) is 9.48 Å². The minimum Gasteiger partial charge on any atom is -0.490 e. The fraction of sp³-hybridized carbons (Fsp3) is 0.233. The fourth-order valence-electron chi connectivity index (χ4n) is 4.56. The molecule has 0 fully saturated rings. The Morgan fingerprint density at radius 2 is 1.93 bits per heavy atom. The number of fused-ring (bicyclic) bond motifs is 1. The molecule has 1 aliphatic rings. The molecule has 12 heteroatoms. The van der Waals surface area contributed by atoms with Gasteiger partial charge in [-0.3, -0.25) is 0 Å². The molecule has 0 saturated heterocycles. The number of nitrogens with one attached hydrogen (secondary N) is 1. The summed E-state index contributed by atoms with van der Waals surface area (Å²) in [6.07, 6.45) is 0. The first-order valence-electron chi connectivity index (χ1n) is 13.0. The summed E-state index contributed by atoms with van der Waals surface area (Å²) in [6, 6.07) is 18.7. The lowest BCUT2D eigenvalue weighted by Gasteiger charge is -2.28. The van der Waals surface area contributed by atoms with Crippen LogP contribution in [0.4, 0.5) is 5.95 Å². The van der Waals surface area contributed by atoms with E-state index in [1.54, 1.807) is 4.68 Å². The first-order chi connectivity index (χ1) is 20.3. The second-order valence-corrected chi connectivity index (χ2v) is 12.4. The molecule has 0 bridgehead atoms. The number of benzene rings is 3. The maximum Gasteiger partial charge on any atom is 0.338 e. The number of hydrogen-bond acceptors (Lipinski definition) is 8. The van der Waals surface area contributed by atoms with E-state index >= 15 is 0 Å². The number of halogens is 3. The molecule has 0 spiro atoms. The van der Waals surface area contributed by atoms with Crippen molar-refractivity contribution >= 4 is 67.1 Å². The lowest BCUT2D eigenvalue weighted by molar-refractivity contribution is -0.136. The summed E-state index contributed by atoms with van der Waals surface area (Å²) in [6.45, 7) is 4.50. The molecule has 8 nitrogen and oxygen atoms in total. The van der Waals surface area contributed by atoms with E-state index in [2.05, 4.69) is 37.2 Å². The molecule has 0 radical (unpaired) electrons. The number of ether oxygens (including phenoxy) is 3. The third kappa shape index (κ3) is 6.64. The molecule has 218 valence electrons. The highest BCUT2D eigenvalue weighted by Gasteiger charge is 2.36. The lowest BCUT2D eigenvalue weighted by Crippen LogP contribution is -2.29. The number of nitrogens with zero attached hydrogens (tertiary/aromatic N) is 3. The van der Waals surface area contributed by atoms with Crippen molar-refractivity contribution in [2.45, 2.75) is 37.4 Å². The molecule has 1 unspecified atom stereocenters. The summed E-state index contributed by atoms with van der Waals surface area (Å²) in [5, 5.41) is 9.24. The van der Waals surface area contributed by atoms with E-state index in [0.717, 1.165) is 21.2 Å². The average molecular weight is 735 g/mol. The highest BCUT2D eigenvalue weighted by Crippen LogP contribution is 2.44. The molecule has 0 saturated carbocycles. The smallest absolute Gasteiger partial charge is 0.338 e. The van der Waals surface area contributed by atoms with Gasteiger partial charge in [-0.15, -0.1) is 5.10 Å². The molecule has 1 atom stereocenters. The number of rotatable bonds is 10. The predicted molar refractivity (Wildman–Crippen MR) is 171 cm³/mol. The lowest BCUT2D eigenvalue weighted by atomic mass is 9.95. The van der Waals surface area contributed by atoms with Crippen molar-refractivity contribution in [3.8, 4) is 11.5 Å². The topological polar surface area (TPSA) is 87.5 Å². The SMILES string of the molecule is CCOc1cc(C2C(C(=O)OC)=C(C)Nc3nc(SCc4ccccc4Cl)nn32)cc(Br)c1OCc1cccc(Br)c1. The Kier molecular flexibility index (Phi) is 9.82. The quantitative estimate of drug-likeness (QED) is 0.129. The Morgan fingerprint density at radius 1 is 1.12 bits per heavy atom. The van der Waals surface area contributed by atoms with Crippen molar-refractivity contribution in [1.82, 2.24) is 14.8 Å². The second-order valence-electron chi connectivity index (χ2n) is 9.28. The van der Waals surface area contributed by atoms with E-state index in [0.29, 0.717) is 62.3 Å². The monoisotopic (exact) mass is 732 g/mol. The number of allylic oxidation sites excluding steroid dienone is 1. The van der Waals surface area contributed by atoms with E-state index in [4.69, 9.17) is 35.9 Å². The summed E-state index contributed by atoms with van der Waals surface area (Å²) in [4.78, 5) is 17.8. The molecular weight excluding hydrogens is 708 g/mol. The van der Waals surface area contributed by atoms with Crippen LogP contribution < -0.4 is 14.8 Å². The Bertz CT molecular complexity index is 1660. The van der Waals surface area contributed by atoms with E-state index in [9.17, 15) is 4.79 Å². The summed E-state index contributed by atoms with van der Waals surface area (Å²) >= 11 is 15.0. The fourth-order valence-corrected chi connectivity index (χ4v) is 6.70. The number of aromatic nitrogens is 3. The van der Waals surface area contributed by atoms with Gasteiger partial charge >= 0.3 is 5.97 Å². The number of thioether (sulfide) groups is 1. The molecule has 2 heterocycles. The zero-order valence-corrected chi connectivity index (χ0v) is 27.7. The molecule has 1 N–H and O–H groups in total. The number of esters is 1. The standard InChI is InChI=1S/C30H27Br2ClN4O4S/c1-4-40-24-14-20(13-22(32)27(24)41-15-18-8-7-10-21(31)12-18)26-25(28(38)39-3)17(2)34-29-35-30(36-37(26)29)42-16-19-9-5-6-11-23(19)33/h5-14,26H,4,15-16H2,1-3H3,(H,34,35,36). The molecule has 3 aromatic carbocycles. The van der Waals surface area contributed by atoms with Crippen LogP contribution in [0.5, 0.6) is 11.5 Å². The van der Waals surface area contributed by atoms with Gasteiger partial charge in [0.1, 0.15) is 12.6 Å². The Labute approximate surface area is 270 Å². The van der Waals surface area contributed by atoms with E-state index in [-0.39, 0.29) is 0 Å². The third-order valence-electron chi connectivity index (χ3n) is 6.47. The Morgan fingerprint density at radius 3 is 2.67 bits per heavy atom. The number of hydrogen-bond donors (Lipinski definition) is 1. The van der Waals surface area contributed by atoms with Gasteiger partial charge < -0.3 is 19.5 Å². The van der Waals surface area contributed by atoms with E-state index in [1.807, 2.05) is 74.5 Å². The highest BCUT2D eigenvalue weighted by atomic mass is 79.9. The number of methoxy groups -OCH3 is 1. The van der Waals surface area contributed by atoms with E-state index in [1.165, 1.54) is 18.9 Å². The minimum absolute atomic E-state index is 0.344. The molecule has 42 heavy (non-hydrogen) atoms. The molecule has 4 aromatic rings. The molecule has 1 aromatic heterocycles. The Balaban J connectivity index is 1.52. The highest BCUT2D eigenvalue weighted by molar-refractivity contribution is 9.10. The van der Waals surface area contributed by atoms with Crippen molar-refractivity contribution < 1.29 is 19.0 Å². The third-order valence-corrected chi connectivity index (χ3v) is 8.81. The molecule has 1 aliphatic heterocycles.